The number of pyridine rings is 1. The van der Waals surface area contributed by atoms with Crippen molar-refractivity contribution in [3.8, 4) is 0 Å². The first-order valence-corrected chi connectivity index (χ1v) is 5.53. The molecule has 0 unspecified atom stereocenters. The molecule has 1 amide bonds. The van der Waals surface area contributed by atoms with Gasteiger partial charge in [0, 0.05) is 12.2 Å². The molecule has 14 heavy (non-hydrogen) atoms. The molecule has 0 aliphatic carbocycles. The van der Waals surface area contributed by atoms with Gasteiger partial charge in [-0.3, -0.25) is 4.79 Å². The van der Waals surface area contributed by atoms with Crippen LogP contribution in [0.4, 0.5) is 10.2 Å². The van der Waals surface area contributed by atoms with Gasteiger partial charge >= 0.3 is 0 Å². The summed E-state index contributed by atoms with van der Waals surface area (Å²) in [5, 5.41) is 2.51. The number of amides is 1. The van der Waals surface area contributed by atoms with Crippen LogP contribution in [0.25, 0.3) is 0 Å². The van der Waals surface area contributed by atoms with Gasteiger partial charge in [-0.1, -0.05) is 6.07 Å². The van der Waals surface area contributed by atoms with Gasteiger partial charge in [0.25, 0.3) is 0 Å². The number of nitrogens with zero attached hydrogens (tertiary/aromatic N) is 1. The van der Waals surface area contributed by atoms with Crippen molar-refractivity contribution in [2.24, 2.45) is 0 Å². The minimum absolute atomic E-state index is 0.141. The molecule has 0 fully saturated rings. The van der Waals surface area contributed by atoms with Crippen molar-refractivity contribution in [3.63, 3.8) is 0 Å². The van der Waals surface area contributed by atoms with Gasteiger partial charge < -0.3 is 5.32 Å². The van der Waals surface area contributed by atoms with Gasteiger partial charge in [-0.15, -0.1) is 0 Å². The van der Waals surface area contributed by atoms with Gasteiger partial charge in [0.05, 0.1) is 0 Å². The molecule has 0 saturated carbocycles. The molecule has 76 valence electrons. The summed E-state index contributed by atoms with van der Waals surface area (Å²) in [6, 6.07) is 4.30. The summed E-state index contributed by atoms with van der Waals surface area (Å²) < 4.78 is 12.6. The molecule has 0 spiro atoms. The molecular weight excluding hydrogens is 203 g/mol. The van der Waals surface area contributed by atoms with E-state index in [-0.39, 0.29) is 11.7 Å². The van der Waals surface area contributed by atoms with Crippen LogP contribution in [-0.4, -0.2) is 22.9 Å². The number of hydrogen-bond donors (Lipinski definition) is 1. The van der Waals surface area contributed by atoms with Gasteiger partial charge in [0.2, 0.25) is 11.9 Å². The molecule has 0 radical (unpaired) electrons. The predicted octanol–water partition coefficient (Wildman–Crippen LogP) is 1.91. The molecule has 1 aromatic rings. The quantitative estimate of drug-likeness (QED) is 0.778. The average Bonchev–Trinajstić information content (AvgIpc) is 2.15. The zero-order valence-corrected chi connectivity index (χ0v) is 8.60. The van der Waals surface area contributed by atoms with Crippen LogP contribution in [0.3, 0.4) is 0 Å². The Labute approximate surface area is 86.1 Å². The summed E-state index contributed by atoms with van der Waals surface area (Å²) in [6.45, 7) is 0. The fourth-order valence-electron chi connectivity index (χ4n) is 0.878. The van der Waals surface area contributed by atoms with Crippen LogP contribution in [0.15, 0.2) is 18.2 Å². The second kappa shape index (κ2) is 5.59. The van der Waals surface area contributed by atoms with Crippen LogP contribution in [0.5, 0.6) is 0 Å². The Morgan fingerprint density at radius 1 is 1.64 bits per heavy atom. The second-order valence-electron chi connectivity index (χ2n) is 2.64. The molecule has 0 aliphatic rings. The lowest BCUT2D eigenvalue weighted by molar-refractivity contribution is -0.115. The van der Waals surface area contributed by atoms with E-state index in [2.05, 4.69) is 10.3 Å². The molecule has 3 nitrogen and oxygen atoms in total. The Balaban J connectivity index is 2.47. The lowest BCUT2D eigenvalue weighted by atomic mass is 10.4. The van der Waals surface area contributed by atoms with E-state index < -0.39 is 5.95 Å². The molecular formula is C9H11FN2OS. The third kappa shape index (κ3) is 3.74. The van der Waals surface area contributed by atoms with Crippen molar-refractivity contribution in [1.82, 2.24) is 4.98 Å². The highest BCUT2D eigenvalue weighted by Gasteiger charge is 2.02. The van der Waals surface area contributed by atoms with E-state index in [1.54, 1.807) is 17.8 Å². The van der Waals surface area contributed by atoms with Gasteiger partial charge in [-0.25, -0.2) is 4.98 Å². The number of rotatable bonds is 4. The van der Waals surface area contributed by atoms with E-state index in [0.717, 1.165) is 5.75 Å². The molecule has 1 heterocycles. The monoisotopic (exact) mass is 214 g/mol. The average molecular weight is 214 g/mol. The summed E-state index contributed by atoms with van der Waals surface area (Å²) in [4.78, 5) is 14.7. The summed E-state index contributed by atoms with van der Waals surface area (Å²) in [7, 11) is 0. The number of carbonyl (C=O) groups excluding carboxylic acids is 1. The molecule has 0 bridgehead atoms. The number of nitrogens with one attached hydrogen (secondary N) is 1. The van der Waals surface area contributed by atoms with Crippen LogP contribution in [0.1, 0.15) is 6.42 Å². The van der Waals surface area contributed by atoms with Crippen molar-refractivity contribution in [1.29, 1.82) is 0 Å². The smallest absolute Gasteiger partial charge is 0.226 e. The number of hydrogen-bond acceptors (Lipinski definition) is 3. The predicted molar refractivity (Wildman–Crippen MR) is 55.8 cm³/mol. The summed E-state index contributed by atoms with van der Waals surface area (Å²) in [5.41, 5.74) is 0. The fourth-order valence-corrected chi connectivity index (χ4v) is 1.27. The highest BCUT2D eigenvalue weighted by atomic mass is 32.2. The van der Waals surface area contributed by atoms with Crippen molar-refractivity contribution in [2.45, 2.75) is 6.42 Å². The van der Waals surface area contributed by atoms with E-state index in [4.69, 9.17) is 0 Å². The maximum absolute atomic E-state index is 12.6. The van der Waals surface area contributed by atoms with Crippen LogP contribution < -0.4 is 5.32 Å². The molecule has 1 rings (SSSR count). The van der Waals surface area contributed by atoms with Crippen LogP contribution in [0.2, 0.25) is 0 Å². The zero-order valence-electron chi connectivity index (χ0n) is 7.79. The first-order valence-electron chi connectivity index (χ1n) is 4.13. The maximum Gasteiger partial charge on any atom is 0.226 e. The van der Waals surface area contributed by atoms with Gasteiger partial charge in [0.15, 0.2) is 0 Å². The second-order valence-corrected chi connectivity index (χ2v) is 3.62. The van der Waals surface area contributed by atoms with Crippen LogP contribution in [-0.2, 0) is 4.79 Å². The molecule has 0 atom stereocenters. The van der Waals surface area contributed by atoms with Gasteiger partial charge in [-0.2, -0.15) is 16.2 Å². The van der Waals surface area contributed by atoms with Crippen LogP contribution in [0, 0.1) is 5.95 Å². The molecule has 0 aliphatic heterocycles. The first-order chi connectivity index (χ1) is 6.72. The highest BCUT2D eigenvalue weighted by molar-refractivity contribution is 7.98. The van der Waals surface area contributed by atoms with Crippen molar-refractivity contribution < 1.29 is 9.18 Å². The molecule has 1 aromatic heterocycles. The Kier molecular flexibility index (Phi) is 4.39. The van der Waals surface area contributed by atoms with Gasteiger partial charge in [-0.05, 0) is 18.4 Å². The molecule has 0 saturated heterocycles. The van der Waals surface area contributed by atoms with Crippen molar-refractivity contribution >= 4 is 23.5 Å². The van der Waals surface area contributed by atoms with E-state index in [1.165, 1.54) is 12.1 Å². The van der Waals surface area contributed by atoms with E-state index in [0.29, 0.717) is 6.42 Å². The standard InChI is InChI=1S/C9H11FN2OS/c1-14-6-5-9(13)12-8-4-2-3-7(10)11-8/h2-4H,5-6H2,1H3,(H,11,12,13). The van der Waals surface area contributed by atoms with Crippen molar-refractivity contribution in [3.05, 3.63) is 24.1 Å². The number of thioether (sulfide) groups is 1. The minimum Gasteiger partial charge on any atom is -0.311 e. The molecule has 5 heteroatoms. The fraction of sp³-hybridized carbons (Fsp3) is 0.333. The largest absolute Gasteiger partial charge is 0.311 e. The highest BCUT2D eigenvalue weighted by Crippen LogP contribution is 2.04. The number of aromatic nitrogens is 1. The normalized spacial score (nSPS) is 9.86. The van der Waals surface area contributed by atoms with E-state index in [9.17, 15) is 9.18 Å². The Morgan fingerprint density at radius 2 is 2.43 bits per heavy atom. The Hall–Kier alpha value is -1.10. The maximum atomic E-state index is 12.6. The minimum atomic E-state index is -0.590. The van der Waals surface area contributed by atoms with E-state index >= 15 is 0 Å². The van der Waals surface area contributed by atoms with Gasteiger partial charge in [0.1, 0.15) is 5.82 Å². The SMILES string of the molecule is CSCCC(=O)Nc1cccc(F)n1. The third-order valence-corrected chi connectivity index (χ3v) is 2.13. The number of carbonyl (C=O) groups is 1. The van der Waals surface area contributed by atoms with E-state index in [1.807, 2.05) is 6.26 Å². The van der Waals surface area contributed by atoms with Crippen molar-refractivity contribution in [2.75, 3.05) is 17.3 Å². The third-order valence-electron chi connectivity index (χ3n) is 1.52. The number of anilines is 1. The topological polar surface area (TPSA) is 42.0 Å². The Morgan fingerprint density at radius 3 is 3.07 bits per heavy atom. The molecule has 0 aromatic carbocycles. The lowest BCUT2D eigenvalue weighted by Gasteiger charge is -2.02. The zero-order chi connectivity index (χ0) is 10.4. The molecule has 1 N–H and O–H groups in total. The summed E-state index contributed by atoms with van der Waals surface area (Å²) >= 11 is 1.59. The first kappa shape index (κ1) is 11.0. The number of halogens is 1. The Bertz CT molecular complexity index is 319. The lowest BCUT2D eigenvalue weighted by Crippen LogP contribution is -2.13. The summed E-state index contributed by atoms with van der Waals surface area (Å²) in [6.07, 6.45) is 2.34. The summed E-state index contributed by atoms with van der Waals surface area (Å²) in [5.74, 6) is 0.280. The van der Waals surface area contributed by atoms with Crippen LogP contribution >= 0.6 is 11.8 Å².